The minimum atomic E-state index is -0.157. The number of halogens is 2. The van der Waals surface area contributed by atoms with Gasteiger partial charge in [-0.15, -0.1) is 0 Å². The molecule has 2 atom stereocenters. The summed E-state index contributed by atoms with van der Waals surface area (Å²) in [5.74, 6) is 4.83. The highest BCUT2D eigenvalue weighted by molar-refractivity contribution is 5.75. The van der Waals surface area contributed by atoms with Crippen LogP contribution in [0.2, 0.25) is 0 Å². The molecule has 0 aliphatic heterocycles. The Hall–Kier alpha value is -2.74. The predicted molar refractivity (Wildman–Crippen MR) is 244 cm³/mol. The highest BCUT2D eigenvalue weighted by Crippen LogP contribution is 2.41. The molecule has 0 aromatic heterocycles. The Balaban J connectivity index is 0.000000218. The van der Waals surface area contributed by atoms with Gasteiger partial charge in [-0.2, -0.15) is 0 Å². The molecule has 0 bridgehead atoms. The first-order valence-electron chi connectivity index (χ1n) is 24.3. The van der Waals surface area contributed by atoms with E-state index in [0.717, 1.165) is 47.6 Å². The highest BCUT2D eigenvalue weighted by atomic mass is 19.1. The van der Waals surface area contributed by atoms with E-state index in [0.29, 0.717) is 11.8 Å². The van der Waals surface area contributed by atoms with Crippen LogP contribution in [0.25, 0.3) is 11.1 Å². The first-order chi connectivity index (χ1) is 28.0. The molecule has 0 N–H and O–H groups in total. The van der Waals surface area contributed by atoms with Crippen molar-refractivity contribution < 1.29 is 8.78 Å². The second-order valence-electron chi connectivity index (χ2n) is 18.6. The lowest BCUT2D eigenvalue weighted by atomic mass is 9.72. The summed E-state index contributed by atoms with van der Waals surface area (Å²) in [5, 5.41) is 0. The molecule has 4 aliphatic rings. The van der Waals surface area contributed by atoms with Crippen LogP contribution in [0.1, 0.15) is 198 Å². The third kappa shape index (κ3) is 16.4. The average Bonchev–Trinajstić information content (AvgIpc) is 3.26. The van der Waals surface area contributed by atoms with Crippen molar-refractivity contribution in [3.05, 3.63) is 108 Å². The van der Waals surface area contributed by atoms with Crippen LogP contribution in [-0.2, 0) is 0 Å². The minimum absolute atomic E-state index is 0.157. The Morgan fingerprint density at radius 3 is 1.07 bits per heavy atom. The monoisotopic (exact) mass is 779 g/mol. The molecule has 0 radical (unpaired) electrons. The topological polar surface area (TPSA) is 0 Å². The van der Waals surface area contributed by atoms with E-state index in [2.05, 4.69) is 50.3 Å². The Labute approximate surface area is 349 Å². The number of hydrogen-bond donors (Lipinski definition) is 0. The zero-order valence-corrected chi connectivity index (χ0v) is 36.4. The molecule has 2 saturated carbocycles. The van der Waals surface area contributed by atoms with E-state index in [-0.39, 0.29) is 11.6 Å². The van der Waals surface area contributed by atoms with Gasteiger partial charge in [-0.1, -0.05) is 209 Å². The maximum atomic E-state index is 13.1. The summed E-state index contributed by atoms with van der Waals surface area (Å²) in [6, 6.07) is 13.8. The van der Waals surface area contributed by atoms with E-state index >= 15 is 0 Å². The van der Waals surface area contributed by atoms with Gasteiger partial charge in [0.2, 0.25) is 0 Å². The number of rotatable bonds is 21. The van der Waals surface area contributed by atoms with Crippen molar-refractivity contribution in [2.75, 3.05) is 0 Å². The summed E-state index contributed by atoms with van der Waals surface area (Å²) in [5.41, 5.74) is 4.78. The molecule has 0 saturated heterocycles. The molecule has 2 heteroatoms. The Kier molecular flexibility index (Phi) is 21.0. The Bertz CT molecular complexity index is 1480. The first kappa shape index (κ1) is 45.3. The smallest absolute Gasteiger partial charge is 0.123 e. The number of hydrogen-bond acceptors (Lipinski definition) is 0. The van der Waals surface area contributed by atoms with Crippen LogP contribution in [-0.4, -0.2) is 0 Å². The number of allylic oxidation sites excluding steroid dienone is 8. The maximum Gasteiger partial charge on any atom is 0.123 e. The van der Waals surface area contributed by atoms with Crippen molar-refractivity contribution in [2.45, 2.75) is 187 Å². The molecule has 2 fully saturated rings. The van der Waals surface area contributed by atoms with E-state index in [4.69, 9.17) is 0 Å². The number of benzene rings is 2. The van der Waals surface area contributed by atoms with Gasteiger partial charge in [-0.25, -0.2) is 8.78 Å². The van der Waals surface area contributed by atoms with Gasteiger partial charge < -0.3 is 0 Å². The molecule has 0 heterocycles. The van der Waals surface area contributed by atoms with Crippen molar-refractivity contribution >= 4 is 11.1 Å². The van der Waals surface area contributed by atoms with Gasteiger partial charge in [0.1, 0.15) is 11.6 Å². The molecule has 314 valence electrons. The quantitative estimate of drug-likeness (QED) is 0.111. The number of unbranched alkanes of at least 4 members (excludes halogenated alkanes) is 13. The molecule has 0 spiro atoms. The lowest BCUT2D eigenvalue weighted by Crippen LogP contribution is -2.21. The SMILES string of the molecule is CCCCCCCCCC1CCC(C2C=CC(c3ccc(F)cc3)=CC2)CC1.CCCCCCCCCCC1CCC(C2C=CC(c3ccc(F)cc3)=CC2)CC1. The van der Waals surface area contributed by atoms with Crippen molar-refractivity contribution in [1.29, 1.82) is 0 Å². The molecule has 57 heavy (non-hydrogen) atoms. The second kappa shape index (κ2) is 26.4. The van der Waals surface area contributed by atoms with Gasteiger partial charge in [0.05, 0.1) is 0 Å². The highest BCUT2D eigenvalue weighted by Gasteiger charge is 2.28. The molecule has 2 aromatic carbocycles. The third-order valence-corrected chi connectivity index (χ3v) is 14.3. The summed E-state index contributed by atoms with van der Waals surface area (Å²) >= 11 is 0. The fourth-order valence-corrected chi connectivity index (χ4v) is 10.5. The summed E-state index contributed by atoms with van der Waals surface area (Å²) in [6.45, 7) is 4.58. The van der Waals surface area contributed by atoms with Gasteiger partial charge in [-0.3, -0.25) is 0 Å². The normalized spacial score (nSPS) is 24.7. The Morgan fingerprint density at radius 2 is 0.754 bits per heavy atom. The van der Waals surface area contributed by atoms with E-state index in [1.54, 1.807) is 24.3 Å². The molecule has 6 rings (SSSR count). The van der Waals surface area contributed by atoms with Crippen LogP contribution < -0.4 is 0 Å². The maximum absolute atomic E-state index is 13.1. The molecular formula is C55H80F2. The van der Waals surface area contributed by atoms with Gasteiger partial charge in [0.25, 0.3) is 0 Å². The first-order valence-corrected chi connectivity index (χ1v) is 24.3. The van der Waals surface area contributed by atoms with E-state index in [1.807, 2.05) is 24.3 Å². The van der Waals surface area contributed by atoms with Crippen LogP contribution in [0, 0.1) is 47.1 Å². The molecule has 2 unspecified atom stereocenters. The Morgan fingerprint density at radius 1 is 0.421 bits per heavy atom. The predicted octanol–water partition coefficient (Wildman–Crippen LogP) is 17.9. The molecule has 4 aliphatic carbocycles. The van der Waals surface area contributed by atoms with Crippen LogP contribution in [0.15, 0.2) is 85.0 Å². The fraction of sp³-hybridized carbons (Fsp3) is 0.636. The zero-order valence-electron chi connectivity index (χ0n) is 36.4. The van der Waals surface area contributed by atoms with Gasteiger partial charge >= 0.3 is 0 Å². The summed E-state index contributed by atoms with van der Waals surface area (Å²) in [7, 11) is 0. The molecule has 0 nitrogen and oxygen atoms in total. The lowest BCUT2D eigenvalue weighted by Gasteiger charge is -2.33. The largest absolute Gasteiger partial charge is 0.207 e. The van der Waals surface area contributed by atoms with Gasteiger partial charge in [-0.05, 0) is 121 Å². The van der Waals surface area contributed by atoms with Gasteiger partial charge in [0, 0.05) is 0 Å². The van der Waals surface area contributed by atoms with Crippen molar-refractivity contribution in [3.63, 3.8) is 0 Å². The van der Waals surface area contributed by atoms with Crippen molar-refractivity contribution in [2.24, 2.45) is 35.5 Å². The van der Waals surface area contributed by atoms with E-state index in [1.165, 1.54) is 172 Å². The minimum Gasteiger partial charge on any atom is -0.207 e. The summed E-state index contributed by atoms with van der Waals surface area (Å²) in [6.07, 6.45) is 52.3. The molecular weight excluding hydrogens is 699 g/mol. The zero-order chi connectivity index (χ0) is 39.9. The van der Waals surface area contributed by atoms with Crippen LogP contribution >= 0.6 is 0 Å². The summed E-state index contributed by atoms with van der Waals surface area (Å²) in [4.78, 5) is 0. The lowest BCUT2D eigenvalue weighted by molar-refractivity contribution is 0.218. The average molecular weight is 779 g/mol. The van der Waals surface area contributed by atoms with Crippen LogP contribution in [0.3, 0.4) is 0 Å². The van der Waals surface area contributed by atoms with Crippen LogP contribution in [0.5, 0.6) is 0 Å². The van der Waals surface area contributed by atoms with Crippen molar-refractivity contribution in [1.82, 2.24) is 0 Å². The molecule has 2 aromatic rings. The molecule has 0 amide bonds. The van der Waals surface area contributed by atoms with E-state index < -0.39 is 0 Å². The second-order valence-corrected chi connectivity index (χ2v) is 18.6. The van der Waals surface area contributed by atoms with Crippen LogP contribution in [0.4, 0.5) is 8.78 Å². The van der Waals surface area contributed by atoms with Crippen molar-refractivity contribution in [3.8, 4) is 0 Å². The van der Waals surface area contributed by atoms with E-state index in [9.17, 15) is 8.78 Å². The standard InChI is InChI=1S/C28H41F.C27H39F/c1-2-3-4-5-6-7-8-9-10-23-11-13-24(14-12-23)25-15-17-26(18-16-25)27-19-21-28(29)22-20-27;1-2-3-4-5-6-7-8-9-22-10-12-23(13-11-22)24-14-16-25(17-15-24)26-18-20-27(28)21-19-26/h15,17-25H,2-14,16H2,1H3;14,16-24H,2-13,15H2,1H3. The van der Waals surface area contributed by atoms with Gasteiger partial charge in [0.15, 0.2) is 0 Å². The summed E-state index contributed by atoms with van der Waals surface area (Å²) < 4.78 is 26.2. The third-order valence-electron chi connectivity index (χ3n) is 14.3. The fourth-order valence-electron chi connectivity index (χ4n) is 10.5.